The number of nitrogens with one attached hydrogen (secondary N) is 4. The summed E-state index contributed by atoms with van der Waals surface area (Å²) in [7, 11) is 2.59. The third-order valence-corrected chi connectivity index (χ3v) is 14.9. The minimum Gasteiger partial charge on any atom is -0.453 e. The zero-order valence-corrected chi connectivity index (χ0v) is 36.7. The first-order chi connectivity index (χ1) is 30.9. The summed E-state index contributed by atoms with van der Waals surface area (Å²) in [5.41, 5.74) is 4.09. The van der Waals surface area contributed by atoms with Crippen LogP contribution >= 0.6 is 0 Å². The highest BCUT2D eigenvalue weighted by atomic mass is 19.1. The first kappa shape index (κ1) is 42.0. The van der Waals surface area contributed by atoms with Crippen LogP contribution in [-0.4, -0.2) is 105 Å². The van der Waals surface area contributed by atoms with Crippen molar-refractivity contribution in [2.75, 3.05) is 27.4 Å². The van der Waals surface area contributed by atoms with E-state index >= 15 is 4.39 Å². The highest BCUT2D eigenvalue weighted by Gasteiger charge is 2.61. The summed E-state index contributed by atoms with van der Waals surface area (Å²) in [4.78, 5) is 73.7. The number of H-pyrrole nitrogens is 2. The molecule has 5 aliphatic rings. The van der Waals surface area contributed by atoms with Gasteiger partial charge in [-0.15, -0.1) is 0 Å². The quantitative estimate of drug-likeness (QED) is 0.111. The molecule has 3 aliphatic heterocycles. The molecule has 10 rings (SSSR count). The summed E-state index contributed by atoms with van der Waals surface area (Å²) in [6, 6.07) is 13.3. The van der Waals surface area contributed by atoms with Crippen LogP contribution in [0.15, 0.2) is 54.7 Å². The van der Waals surface area contributed by atoms with Gasteiger partial charge >= 0.3 is 12.2 Å². The van der Waals surface area contributed by atoms with E-state index in [0.717, 1.165) is 53.1 Å². The SMILES string of the molecule is COC(=O)N[C@H](C(=O)N1[C@@H]2[C@H](C)[C@@H]2C[C@H]1c1nc2c(ccc3cc(-c4ccc(-c5cnc([C@@H]6[C@H]7CC[C@H](C7)N6C(=O)[C@@H](NC(=O)OC)C6CCOCC6)[nH]5)c(F)c4)ccc32)[nH]1)C(C)C. The van der Waals surface area contributed by atoms with E-state index < -0.39 is 30.1 Å². The Balaban J connectivity index is 0.885. The molecule has 2 saturated carbocycles. The second-order valence-electron chi connectivity index (χ2n) is 18.7. The van der Waals surface area contributed by atoms with Gasteiger partial charge in [-0.1, -0.05) is 45.0 Å². The number of piperidine rings is 2. The number of nitrogens with zero attached hydrogens (tertiary/aromatic N) is 4. The Bertz CT molecular complexity index is 2640. The minimum absolute atomic E-state index is 0.0329. The van der Waals surface area contributed by atoms with Crippen molar-refractivity contribution in [2.45, 2.75) is 95.5 Å². The standard InChI is InChI=1S/C48H55FN8O7/c1-23(2)38(54-47(60)62-4)45(58)57-37(21-33-24(3)41(33)57)43-51-35-13-9-28-18-26(7-11-31(28)40(35)53-43)27-8-12-32(34(49)20-27)36-22-50-44(52-36)42-29-6-10-30(19-29)56(42)46(59)39(55-48(61)63-5)25-14-16-64-17-15-25/h7-9,11-13,18,20,22-25,29-30,33,37-39,41-42H,6,10,14-17,19,21H2,1-5H3,(H,50,52)(H,51,53)(H,54,60)(H,55,61)/t24-,29+,30-,33+,37+,38+,39+,41-,42+/m1/s1. The first-order valence-corrected chi connectivity index (χ1v) is 22.6. The van der Waals surface area contributed by atoms with Gasteiger partial charge in [0.1, 0.15) is 29.5 Å². The number of imidazole rings is 2. The van der Waals surface area contributed by atoms with Crippen LogP contribution in [0.4, 0.5) is 14.0 Å². The van der Waals surface area contributed by atoms with E-state index in [2.05, 4.69) is 27.5 Å². The van der Waals surface area contributed by atoms with Gasteiger partial charge in [-0.3, -0.25) is 9.59 Å². The molecule has 5 heterocycles. The number of aromatic nitrogens is 4. The van der Waals surface area contributed by atoms with E-state index in [0.29, 0.717) is 66.4 Å². The first-order valence-electron chi connectivity index (χ1n) is 22.6. The number of aromatic amines is 2. The van der Waals surface area contributed by atoms with Crippen LogP contribution in [0.3, 0.4) is 0 Å². The third kappa shape index (κ3) is 7.23. The maximum absolute atomic E-state index is 16.2. The van der Waals surface area contributed by atoms with Gasteiger partial charge in [0.15, 0.2) is 0 Å². The number of hydrogen-bond donors (Lipinski definition) is 4. The van der Waals surface area contributed by atoms with E-state index in [1.807, 2.05) is 60.0 Å². The molecule has 16 heteroatoms. The summed E-state index contributed by atoms with van der Waals surface area (Å²) in [5.74, 6) is 1.37. The second-order valence-corrected chi connectivity index (χ2v) is 18.7. The zero-order valence-electron chi connectivity index (χ0n) is 36.7. The summed E-state index contributed by atoms with van der Waals surface area (Å²) >= 11 is 0. The molecule has 5 aromatic rings. The van der Waals surface area contributed by atoms with Crippen molar-refractivity contribution in [3.8, 4) is 22.4 Å². The molecule has 9 atom stereocenters. The number of hydrogen-bond acceptors (Lipinski definition) is 9. The van der Waals surface area contributed by atoms with E-state index in [1.54, 1.807) is 12.3 Å². The van der Waals surface area contributed by atoms with Gasteiger partial charge in [0, 0.05) is 36.2 Å². The average Bonchev–Trinajstić information content (AvgIpc) is 4.03. The topological polar surface area (TPSA) is 184 Å². The highest BCUT2D eigenvalue weighted by Crippen LogP contribution is 2.58. The van der Waals surface area contributed by atoms with Crippen molar-refractivity contribution >= 4 is 45.8 Å². The van der Waals surface area contributed by atoms with Gasteiger partial charge in [-0.25, -0.2) is 23.9 Å². The van der Waals surface area contributed by atoms with Gasteiger partial charge in [0.05, 0.1) is 49.2 Å². The largest absolute Gasteiger partial charge is 0.453 e. The lowest BCUT2D eigenvalue weighted by Crippen LogP contribution is -2.55. The Morgan fingerprint density at radius 1 is 0.859 bits per heavy atom. The third-order valence-electron chi connectivity index (χ3n) is 14.9. The molecule has 0 unspecified atom stereocenters. The molecule has 3 saturated heterocycles. The number of alkyl carbamates (subject to hydrolysis) is 2. The number of carbonyl (C=O) groups excluding carboxylic acids is 4. The normalized spacial score (nSPS) is 26.0. The molecule has 336 valence electrons. The van der Waals surface area contributed by atoms with Crippen LogP contribution in [0.1, 0.15) is 83.0 Å². The lowest BCUT2D eigenvalue weighted by Gasteiger charge is -2.39. The van der Waals surface area contributed by atoms with Crippen molar-refractivity contribution in [1.29, 1.82) is 0 Å². The molecular weight excluding hydrogens is 820 g/mol. The number of halogens is 1. The van der Waals surface area contributed by atoms with Crippen LogP contribution in [0, 0.1) is 35.4 Å². The lowest BCUT2D eigenvalue weighted by atomic mass is 9.89. The molecule has 0 radical (unpaired) electrons. The van der Waals surface area contributed by atoms with E-state index in [-0.39, 0.29) is 53.7 Å². The van der Waals surface area contributed by atoms with Crippen molar-refractivity contribution in [3.05, 3.63) is 72.2 Å². The second kappa shape index (κ2) is 16.5. The predicted octanol–water partition coefficient (Wildman–Crippen LogP) is 7.40. The zero-order chi connectivity index (χ0) is 44.6. The van der Waals surface area contributed by atoms with Gasteiger partial charge in [-0.05, 0) is 109 Å². The Hall–Kier alpha value is -6.03. The van der Waals surface area contributed by atoms with Crippen molar-refractivity contribution in [3.63, 3.8) is 0 Å². The van der Waals surface area contributed by atoms with Crippen LogP contribution in [0.5, 0.6) is 0 Å². The number of likely N-dealkylation sites (tertiary alicyclic amines) is 2. The molecule has 64 heavy (non-hydrogen) atoms. The monoisotopic (exact) mass is 874 g/mol. The number of fused-ring (bicyclic) bond motifs is 6. The average molecular weight is 875 g/mol. The van der Waals surface area contributed by atoms with Crippen LogP contribution < -0.4 is 10.6 Å². The number of ether oxygens (including phenoxy) is 3. The molecule has 4 amide bonds. The smallest absolute Gasteiger partial charge is 0.407 e. The predicted molar refractivity (Wildman–Crippen MR) is 235 cm³/mol. The summed E-state index contributed by atoms with van der Waals surface area (Å²) in [5, 5.41) is 7.46. The molecular formula is C48H55FN8O7. The molecule has 2 bridgehead atoms. The number of benzene rings is 3. The number of rotatable bonds is 10. The van der Waals surface area contributed by atoms with Crippen molar-refractivity contribution < 1.29 is 37.8 Å². The van der Waals surface area contributed by atoms with Crippen LogP contribution in [-0.2, 0) is 23.8 Å². The molecule has 0 spiro atoms. The van der Waals surface area contributed by atoms with Gasteiger partial charge in [0.2, 0.25) is 11.8 Å². The molecule has 4 N–H and O–H groups in total. The number of amides is 4. The van der Waals surface area contributed by atoms with Gasteiger partial charge in [0.25, 0.3) is 0 Å². The molecule has 2 aromatic heterocycles. The Kier molecular flexibility index (Phi) is 10.8. The van der Waals surface area contributed by atoms with E-state index in [4.69, 9.17) is 24.2 Å². The highest BCUT2D eigenvalue weighted by molar-refractivity contribution is 6.05. The van der Waals surface area contributed by atoms with E-state index in [9.17, 15) is 19.2 Å². The van der Waals surface area contributed by atoms with Crippen molar-refractivity contribution in [2.24, 2.45) is 29.6 Å². The lowest BCUT2D eigenvalue weighted by molar-refractivity contribution is -0.140. The van der Waals surface area contributed by atoms with E-state index in [1.165, 1.54) is 20.3 Å². The molecule has 5 fully saturated rings. The summed E-state index contributed by atoms with van der Waals surface area (Å²) < 4.78 is 31.5. The molecule has 15 nitrogen and oxygen atoms in total. The minimum atomic E-state index is -0.744. The Labute approximate surface area is 370 Å². The molecule has 3 aromatic carbocycles. The van der Waals surface area contributed by atoms with Gasteiger partial charge < -0.3 is 44.6 Å². The number of methoxy groups -OCH3 is 2. The maximum Gasteiger partial charge on any atom is 0.407 e. The van der Waals surface area contributed by atoms with Crippen LogP contribution in [0.2, 0.25) is 0 Å². The fourth-order valence-corrected chi connectivity index (χ4v) is 11.4. The van der Waals surface area contributed by atoms with Crippen LogP contribution in [0.25, 0.3) is 44.2 Å². The maximum atomic E-state index is 16.2. The fourth-order valence-electron chi connectivity index (χ4n) is 11.4. The number of carbonyl (C=O) groups is 4. The Morgan fingerprint density at radius 3 is 2.36 bits per heavy atom. The summed E-state index contributed by atoms with van der Waals surface area (Å²) in [6.07, 6.45) is 5.16. The molecule has 2 aliphatic carbocycles. The van der Waals surface area contributed by atoms with Gasteiger partial charge in [-0.2, -0.15) is 0 Å². The summed E-state index contributed by atoms with van der Waals surface area (Å²) in [6.45, 7) is 7.04. The fraction of sp³-hybridized carbons (Fsp3) is 0.500. The van der Waals surface area contributed by atoms with Crippen molar-refractivity contribution in [1.82, 2.24) is 40.4 Å². The Morgan fingerprint density at radius 2 is 1.61 bits per heavy atom.